The van der Waals surface area contributed by atoms with Crippen molar-refractivity contribution in [2.24, 2.45) is 0 Å². The number of nitrogens with one attached hydrogen (secondary N) is 1. The van der Waals surface area contributed by atoms with Crippen LogP contribution in [0.25, 0.3) is 22.4 Å². The van der Waals surface area contributed by atoms with Crippen molar-refractivity contribution in [3.63, 3.8) is 0 Å². The van der Waals surface area contributed by atoms with Crippen molar-refractivity contribution in [1.82, 2.24) is 15.0 Å². The quantitative estimate of drug-likeness (QED) is 0.666. The third kappa shape index (κ3) is 1.85. The zero-order valence-corrected chi connectivity index (χ0v) is 9.91. The van der Waals surface area contributed by atoms with E-state index in [-0.39, 0.29) is 0 Å². The molecule has 2 aromatic heterocycles. The van der Waals surface area contributed by atoms with Crippen LogP contribution in [0.1, 0.15) is 5.89 Å². The van der Waals surface area contributed by atoms with Gasteiger partial charge in [0.1, 0.15) is 5.52 Å². The Kier molecular flexibility index (Phi) is 2.26. The van der Waals surface area contributed by atoms with Gasteiger partial charge in [-0.05, 0) is 36.5 Å². The van der Waals surface area contributed by atoms with E-state index in [2.05, 4.69) is 15.0 Å². The number of benzene rings is 1. The Bertz CT molecular complexity index is 745. The molecule has 0 bridgehead atoms. The molecule has 0 unspecified atom stereocenters. The van der Waals surface area contributed by atoms with Crippen LogP contribution in [0.2, 0.25) is 0 Å². The Morgan fingerprint density at radius 3 is 3.00 bits per heavy atom. The lowest BCUT2D eigenvalue weighted by Gasteiger charge is -2.00. The van der Waals surface area contributed by atoms with Gasteiger partial charge in [-0.25, -0.2) is 9.97 Å². The maximum atomic E-state index is 5.43. The summed E-state index contributed by atoms with van der Waals surface area (Å²) in [6, 6.07) is 7.71. The number of aryl methyl sites for hydroxylation is 1. The molecule has 17 heavy (non-hydrogen) atoms. The van der Waals surface area contributed by atoms with Crippen LogP contribution < -0.4 is 0 Å². The summed E-state index contributed by atoms with van der Waals surface area (Å²) in [6.07, 6.45) is 1.69. The van der Waals surface area contributed by atoms with Crippen LogP contribution in [0.5, 0.6) is 0 Å². The molecule has 2 heterocycles. The second kappa shape index (κ2) is 3.78. The predicted octanol–water partition coefficient (Wildman–Crippen LogP) is 3.26. The zero-order valence-electron chi connectivity index (χ0n) is 9.10. The SMILES string of the molecule is Cc1nc2cc(-c3ccnc(=S)[nH]3)ccc2o1. The zero-order chi connectivity index (χ0) is 11.8. The summed E-state index contributed by atoms with van der Waals surface area (Å²) in [5.41, 5.74) is 3.57. The highest BCUT2D eigenvalue weighted by Gasteiger charge is 2.04. The summed E-state index contributed by atoms with van der Waals surface area (Å²) in [6.45, 7) is 1.83. The number of oxazole rings is 1. The van der Waals surface area contributed by atoms with Gasteiger partial charge in [-0.15, -0.1) is 0 Å². The Hall–Kier alpha value is -2.01. The standard InChI is InChI=1S/C12H9N3OS/c1-7-14-10-6-8(2-3-11(10)16-7)9-4-5-13-12(17)15-9/h2-6H,1H3,(H,13,15,17). The van der Waals surface area contributed by atoms with E-state index in [0.717, 1.165) is 22.4 Å². The van der Waals surface area contributed by atoms with Crippen LogP contribution in [0.4, 0.5) is 0 Å². The summed E-state index contributed by atoms with van der Waals surface area (Å²) in [5.74, 6) is 0.666. The number of aromatic nitrogens is 3. The van der Waals surface area contributed by atoms with Gasteiger partial charge in [0.25, 0.3) is 0 Å². The van der Waals surface area contributed by atoms with Gasteiger partial charge in [-0.1, -0.05) is 0 Å². The van der Waals surface area contributed by atoms with E-state index in [0.29, 0.717) is 10.7 Å². The van der Waals surface area contributed by atoms with Crippen molar-refractivity contribution in [2.75, 3.05) is 0 Å². The number of hydrogen-bond donors (Lipinski definition) is 1. The molecule has 84 valence electrons. The summed E-state index contributed by atoms with van der Waals surface area (Å²) in [4.78, 5) is 11.3. The number of nitrogens with zero attached hydrogens (tertiary/aromatic N) is 2. The Morgan fingerprint density at radius 1 is 1.29 bits per heavy atom. The number of aromatic amines is 1. The fourth-order valence-corrected chi connectivity index (χ4v) is 1.92. The minimum absolute atomic E-state index is 0.471. The largest absolute Gasteiger partial charge is 0.441 e. The van der Waals surface area contributed by atoms with E-state index in [1.54, 1.807) is 6.20 Å². The van der Waals surface area contributed by atoms with Crippen molar-refractivity contribution in [1.29, 1.82) is 0 Å². The lowest BCUT2D eigenvalue weighted by Crippen LogP contribution is -1.85. The van der Waals surface area contributed by atoms with Crippen LogP contribution in [0, 0.1) is 11.7 Å². The minimum Gasteiger partial charge on any atom is -0.441 e. The molecule has 0 spiro atoms. The van der Waals surface area contributed by atoms with E-state index >= 15 is 0 Å². The van der Waals surface area contributed by atoms with Crippen molar-refractivity contribution in [3.05, 3.63) is 41.1 Å². The first-order valence-electron chi connectivity index (χ1n) is 5.15. The van der Waals surface area contributed by atoms with Crippen molar-refractivity contribution in [3.8, 4) is 11.3 Å². The van der Waals surface area contributed by atoms with Gasteiger partial charge in [0, 0.05) is 24.4 Å². The molecule has 5 heteroatoms. The van der Waals surface area contributed by atoms with E-state index in [4.69, 9.17) is 16.6 Å². The Balaban J connectivity index is 2.20. The molecule has 0 amide bonds. The minimum atomic E-state index is 0.471. The fraction of sp³-hybridized carbons (Fsp3) is 0.0833. The molecule has 0 radical (unpaired) electrons. The molecule has 1 aromatic carbocycles. The lowest BCUT2D eigenvalue weighted by atomic mass is 10.1. The number of hydrogen-bond acceptors (Lipinski definition) is 4. The molecule has 0 saturated heterocycles. The molecule has 0 aliphatic rings. The molecule has 0 atom stereocenters. The normalized spacial score (nSPS) is 10.9. The first-order valence-corrected chi connectivity index (χ1v) is 5.56. The molecular formula is C12H9N3OS. The number of rotatable bonds is 1. The van der Waals surface area contributed by atoms with Gasteiger partial charge in [0.15, 0.2) is 16.2 Å². The highest BCUT2D eigenvalue weighted by atomic mass is 32.1. The van der Waals surface area contributed by atoms with Gasteiger partial charge in [-0.2, -0.15) is 0 Å². The van der Waals surface area contributed by atoms with E-state index < -0.39 is 0 Å². The molecular weight excluding hydrogens is 234 g/mol. The first-order chi connectivity index (χ1) is 8.22. The summed E-state index contributed by atoms with van der Waals surface area (Å²) < 4.78 is 5.90. The van der Waals surface area contributed by atoms with Crippen LogP contribution >= 0.6 is 12.2 Å². The van der Waals surface area contributed by atoms with Crippen LogP contribution in [0.3, 0.4) is 0 Å². The molecule has 0 fully saturated rings. The molecule has 0 aliphatic heterocycles. The van der Waals surface area contributed by atoms with E-state index in [1.165, 1.54) is 0 Å². The third-order valence-electron chi connectivity index (χ3n) is 2.48. The van der Waals surface area contributed by atoms with Crippen LogP contribution in [0.15, 0.2) is 34.9 Å². The summed E-state index contributed by atoms with van der Waals surface area (Å²) in [5, 5.41) is 0. The van der Waals surface area contributed by atoms with Gasteiger partial charge < -0.3 is 9.40 Å². The number of H-pyrrole nitrogens is 1. The summed E-state index contributed by atoms with van der Waals surface area (Å²) in [7, 11) is 0. The Morgan fingerprint density at radius 2 is 2.18 bits per heavy atom. The highest BCUT2D eigenvalue weighted by Crippen LogP contribution is 2.22. The molecule has 3 rings (SSSR count). The van der Waals surface area contributed by atoms with Crippen molar-refractivity contribution < 1.29 is 4.42 Å². The second-order valence-electron chi connectivity index (χ2n) is 3.70. The highest BCUT2D eigenvalue weighted by molar-refractivity contribution is 7.71. The number of fused-ring (bicyclic) bond motifs is 1. The van der Waals surface area contributed by atoms with Crippen LogP contribution in [-0.4, -0.2) is 15.0 Å². The fourth-order valence-electron chi connectivity index (χ4n) is 1.75. The smallest absolute Gasteiger partial charge is 0.197 e. The molecule has 0 saturated carbocycles. The van der Waals surface area contributed by atoms with Gasteiger partial charge >= 0.3 is 0 Å². The van der Waals surface area contributed by atoms with E-state index in [1.807, 2.05) is 31.2 Å². The Labute approximate surface area is 102 Å². The average Bonchev–Trinajstić information content (AvgIpc) is 2.68. The van der Waals surface area contributed by atoms with Gasteiger partial charge in [-0.3, -0.25) is 0 Å². The van der Waals surface area contributed by atoms with Crippen molar-refractivity contribution in [2.45, 2.75) is 6.92 Å². The molecule has 1 N–H and O–H groups in total. The van der Waals surface area contributed by atoms with Gasteiger partial charge in [0.05, 0.1) is 0 Å². The maximum Gasteiger partial charge on any atom is 0.197 e. The molecule has 4 nitrogen and oxygen atoms in total. The first kappa shape index (κ1) is 10.2. The molecule has 3 aromatic rings. The monoisotopic (exact) mass is 243 g/mol. The van der Waals surface area contributed by atoms with Crippen LogP contribution in [-0.2, 0) is 0 Å². The lowest BCUT2D eigenvalue weighted by molar-refractivity contribution is 0.561. The summed E-state index contributed by atoms with van der Waals surface area (Å²) >= 11 is 5.00. The van der Waals surface area contributed by atoms with Crippen molar-refractivity contribution >= 4 is 23.3 Å². The second-order valence-corrected chi connectivity index (χ2v) is 4.09. The average molecular weight is 243 g/mol. The maximum absolute atomic E-state index is 5.43. The van der Waals surface area contributed by atoms with E-state index in [9.17, 15) is 0 Å². The molecule has 0 aliphatic carbocycles. The predicted molar refractivity (Wildman–Crippen MR) is 67.2 cm³/mol. The third-order valence-corrected chi connectivity index (χ3v) is 2.69. The van der Waals surface area contributed by atoms with Gasteiger partial charge in [0.2, 0.25) is 0 Å². The topological polar surface area (TPSA) is 54.7 Å².